The number of benzene rings is 2. The molecule has 1 aromatic heterocycles. The zero-order valence-corrected chi connectivity index (χ0v) is 20.8. The summed E-state index contributed by atoms with van der Waals surface area (Å²) in [5, 5.41) is 0.635. The smallest absolute Gasteiger partial charge is 0.338 e. The molecule has 0 saturated heterocycles. The third-order valence-corrected chi connectivity index (χ3v) is 5.80. The highest BCUT2D eigenvalue weighted by Gasteiger charge is 2.18. The van der Waals surface area contributed by atoms with Crippen molar-refractivity contribution >= 4 is 16.9 Å². The fourth-order valence-electron chi connectivity index (χ4n) is 3.89. The van der Waals surface area contributed by atoms with E-state index in [1.807, 2.05) is 18.2 Å². The van der Waals surface area contributed by atoms with Crippen molar-refractivity contribution < 1.29 is 23.7 Å². The Morgan fingerprint density at radius 1 is 1.00 bits per heavy atom. The normalized spacial score (nSPS) is 11.0. The number of esters is 1. The van der Waals surface area contributed by atoms with Crippen molar-refractivity contribution in [2.24, 2.45) is 0 Å². The predicted molar refractivity (Wildman–Crippen MR) is 134 cm³/mol. The van der Waals surface area contributed by atoms with E-state index in [0.717, 1.165) is 26.1 Å². The topological polar surface area (TPSA) is 92.1 Å². The van der Waals surface area contributed by atoms with Crippen molar-refractivity contribution in [3.8, 4) is 17.2 Å². The predicted octanol–water partition coefficient (Wildman–Crippen LogP) is 3.38. The molecule has 0 bridgehead atoms. The molecule has 0 fully saturated rings. The minimum Gasteiger partial charge on any atom is -0.493 e. The van der Waals surface area contributed by atoms with Gasteiger partial charge in [0, 0.05) is 13.1 Å². The molecule has 9 heteroatoms. The van der Waals surface area contributed by atoms with Gasteiger partial charge >= 0.3 is 5.97 Å². The number of carbonyl (C=O) groups is 1. The third-order valence-electron chi connectivity index (χ3n) is 5.80. The van der Waals surface area contributed by atoms with E-state index in [9.17, 15) is 9.59 Å². The first kappa shape index (κ1) is 26.0. The summed E-state index contributed by atoms with van der Waals surface area (Å²) in [6.07, 6.45) is 3.13. The van der Waals surface area contributed by atoms with E-state index in [4.69, 9.17) is 18.9 Å². The molecular weight excluding hydrogens is 450 g/mol. The average Bonchev–Trinajstić information content (AvgIpc) is 2.90. The number of methoxy groups -OCH3 is 3. The van der Waals surface area contributed by atoms with Crippen molar-refractivity contribution in [1.29, 1.82) is 0 Å². The van der Waals surface area contributed by atoms with Gasteiger partial charge < -0.3 is 23.8 Å². The van der Waals surface area contributed by atoms with Crippen molar-refractivity contribution in [3.05, 3.63) is 58.6 Å². The summed E-state index contributed by atoms with van der Waals surface area (Å²) in [5.74, 6) is 0.774. The second kappa shape index (κ2) is 12.8. The number of ether oxygens (including phenoxy) is 4. The average molecular weight is 484 g/mol. The molecule has 0 unspecified atom stereocenters. The lowest BCUT2D eigenvalue weighted by Crippen LogP contribution is -2.29. The van der Waals surface area contributed by atoms with Crippen LogP contribution < -0.4 is 19.8 Å². The molecule has 0 aliphatic carbocycles. The Morgan fingerprint density at radius 2 is 1.69 bits per heavy atom. The molecule has 1 heterocycles. The van der Waals surface area contributed by atoms with Crippen LogP contribution in [0, 0.1) is 0 Å². The highest BCUT2D eigenvalue weighted by molar-refractivity contribution is 5.91. The maximum atomic E-state index is 12.6. The lowest BCUT2D eigenvalue weighted by molar-refractivity contribution is 0.0487. The molecule has 3 aromatic rings. The summed E-state index contributed by atoms with van der Waals surface area (Å²) in [6.45, 7) is 5.46. The zero-order valence-electron chi connectivity index (χ0n) is 20.8. The Kier molecular flexibility index (Phi) is 9.48. The Balaban J connectivity index is 1.46. The van der Waals surface area contributed by atoms with E-state index < -0.39 is 5.97 Å². The number of para-hydroxylation sites is 1. The van der Waals surface area contributed by atoms with Gasteiger partial charge in [0.2, 0.25) is 5.75 Å². The molecule has 0 atom stereocenters. The van der Waals surface area contributed by atoms with E-state index in [1.165, 1.54) is 21.3 Å². The summed E-state index contributed by atoms with van der Waals surface area (Å²) in [4.78, 5) is 31.8. The summed E-state index contributed by atoms with van der Waals surface area (Å²) in [5.41, 5.74) is 1.03. The molecule has 0 aliphatic heterocycles. The Bertz CT molecular complexity index is 1170. The van der Waals surface area contributed by atoms with Gasteiger partial charge in [0.1, 0.15) is 0 Å². The summed E-state index contributed by atoms with van der Waals surface area (Å²) in [7, 11) is 4.51. The number of hydrogen-bond acceptors (Lipinski definition) is 8. The standard InChI is InChI=1S/C26H33N3O6/c1-5-28(12-8-14-29-18-27-21-11-7-6-10-20(21)25(29)30)13-9-15-35-26(31)19-16-22(32-2)24(34-4)23(17-19)33-3/h6-7,10-11,16-18H,5,8-9,12-15H2,1-4H3. The number of nitrogens with zero attached hydrogens (tertiary/aromatic N) is 3. The Morgan fingerprint density at radius 3 is 2.34 bits per heavy atom. The van der Waals surface area contributed by atoms with E-state index in [0.29, 0.717) is 53.3 Å². The van der Waals surface area contributed by atoms with Crippen LogP contribution in [0.4, 0.5) is 0 Å². The van der Waals surface area contributed by atoms with Gasteiger partial charge in [-0.25, -0.2) is 9.78 Å². The highest BCUT2D eigenvalue weighted by Crippen LogP contribution is 2.38. The van der Waals surface area contributed by atoms with E-state index >= 15 is 0 Å². The Hall–Kier alpha value is -3.59. The van der Waals surface area contributed by atoms with Crippen molar-refractivity contribution in [1.82, 2.24) is 14.5 Å². The number of hydrogen-bond donors (Lipinski definition) is 0. The third kappa shape index (κ3) is 6.51. The highest BCUT2D eigenvalue weighted by atomic mass is 16.5. The maximum absolute atomic E-state index is 12.6. The van der Waals surface area contributed by atoms with Gasteiger partial charge in [0.15, 0.2) is 11.5 Å². The molecule has 3 rings (SSSR count). The Labute approximate surface area is 205 Å². The van der Waals surface area contributed by atoms with Gasteiger partial charge in [-0.1, -0.05) is 19.1 Å². The zero-order chi connectivity index (χ0) is 25.2. The monoisotopic (exact) mass is 483 g/mol. The van der Waals surface area contributed by atoms with E-state index in [1.54, 1.807) is 29.1 Å². The van der Waals surface area contributed by atoms with Crippen LogP contribution in [0.2, 0.25) is 0 Å². The molecule has 9 nitrogen and oxygen atoms in total. The first-order valence-corrected chi connectivity index (χ1v) is 11.7. The van der Waals surface area contributed by atoms with Crippen LogP contribution in [0.15, 0.2) is 47.5 Å². The SMILES string of the molecule is CCN(CCCOC(=O)c1cc(OC)c(OC)c(OC)c1)CCCn1cnc2ccccc2c1=O. The number of aromatic nitrogens is 2. The minimum absolute atomic E-state index is 0.0163. The molecule has 35 heavy (non-hydrogen) atoms. The fourth-order valence-corrected chi connectivity index (χ4v) is 3.89. The van der Waals surface area contributed by atoms with Crippen molar-refractivity contribution in [2.45, 2.75) is 26.3 Å². The lowest BCUT2D eigenvalue weighted by atomic mass is 10.2. The van der Waals surface area contributed by atoms with Gasteiger partial charge in [-0.15, -0.1) is 0 Å². The molecule has 0 N–H and O–H groups in total. The van der Waals surface area contributed by atoms with Crippen LogP contribution in [-0.4, -0.2) is 68.0 Å². The lowest BCUT2D eigenvalue weighted by Gasteiger charge is -2.20. The summed E-state index contributed by atoms with van der Waals surface area (Å²) in [6, 6.07) is 10.5. The van der Waals surface area contributed by atoms with Crippen LogP contribution in [0.25, 0.3) is 10.9 Å². The van der Waals surface area contributed by atoms with E-state index in [2.05, 4.69) is 16.8 Å². The second-order valence-electron chi connectivity index (χ2n) is 7.95. The molecule has 0 amide bonds. The van der Waals surface area contributed by atoms with Crippen molar-refractivity contribution in [2.75, 3.05) is 47.6 Å². The molecule has 0 saturated carbocycles. The first-order valence-electron chi connectivity index (χ1n) is 11.7. The van der Waals surface area contributed by atoms with Crippen molar-refractivity contribution in [3.63, 3.8) is 0 Å². The number of carbonyl (C=O) groups excluding carboxylic acids is 1. The van der Waals surface area contributed by atoms with E-state index in [-0.39, 0.29) is 5.56 Å². The fraction of sp³-hybridized carbons (Fsp3) is 0.423. The number of aryl methyl sites for hydroxylation is 1. The summed E-state index contributed by atoms with van der Waals surface area (Å²) >= 11 is 0. The largest absolute Gasteiger partial charge is 0.493 e. The van der Waals surface area contributed by atoms with Crippen LogP contribution in [0.1, 0.15) is 30.1 Å². The molecule has 188 valence electrons. The molecular formula is C26H33N3O6. The van der Waals surface area contributed by atoms with Crippen LogP contribution in [0.5, 0.6) is 17.2 Å². The minimum atomic E-state index is -0.449. The number of fused-ring (bicyclic) bond motifs is 1. The van der Waals surface area contributed by atoms with Gasteiger partial charge in [0.05, 0.1) is 50.7 Å². The first-order chi connectivity index (χ1) is 17.0. The van der Waals surface area contributed by atoms with Gasteiger partial charge in [-0.2, -0.15) is 0 Å². The van der Waals surface area contributed by atoms with Crippen LogP contribution in [0.3, 0.4) is 0 Å². The second-order valence-corrected chi connectivity index (χ2v) is 7.95. The van der Waals surface area contributed by atoms with Gasteiger partial charge in [-0.05, 0) is 50.2 Å². The quantitative estimate of drug-likeness (QED) is 0.270. The van der Waals surface area contributed by atoms with Gasteiger partial charge in [-0.3, -0.25) is 9.36 Å². The summed E-state index contributed by atoms with van der Waals surface area (Å²) < 4.78 is 23.0. The molecule has 2 aromatic carbocycles. The van der Waals surface area contributed by atoms with Crippen LogP contribution >= 0.6 is 0 Å². The number of rotatable bonds is 13. The van der Waals surface area contributed by atoms with Crippen LogP contribution in [-0.2, 0) is 11.3 Å². The molecule has 0 aliphatic rings. The van der Waals surface area contributed by atoms with Gasteiger partial charge in [0.25, 0.3) is 5.56 Å². The maximum Gasteiger partial charge on any atom is 0.338 e. The molecule has 0 spiro atoms. The molecule has 0 radical (unpaired) electrons.